The molecule has 0 spiro atoms. The number of fused-ring (bicyclic) bond motifs is 1. The summed E-state index contributed by atoms with van der Waals surface area (Å²) in [7, 11) is 1.56. The maximum absolute atomic E-state index is 13.5. The molecule has 1 aromatic heterocycles. The molecule has 2 heterocycles. The van der Waals surface area contributed by atoms with Gasteiger partial charge < -0.3 is 10.1 Å². The first-order valence-electron chi connectivity index (χ1n) is 10.2. The van der Waals surface area contributed by atoms with Gasteiger partial charge in [0.05, 0.1) is 7.11 Å². The second-order valence-electron chi connectivity index (χ2n) is 7.97. The Morgan fingerprint density at radius 2 is 1.70 bits per heavy atom. The molecule has 0 amide bonds. The lowest BCUT2D eigenvalue weighted by atomic mass is 9.78. The van der Waals surface area contributed by atoms with Crippen molar-refractivity contribution in [3.63, 3.8) is 0 Å². The summed E-state index contributed by atoms with van der Waals surface area (Å²) in [6.07, 6.45) is -4.17. The van der Waals surface area contributed by atoms with E-state index in [9.17, 15) is 22.4 Å². The SMILES string of the molecule is COc1ccc(C2CC(=O)C3=C(C2)Nc2nc(C(F)(F)F)nn2C3c2ccc(F)cc2)cc1. The normalized spacial score (nSPS) is 20.2. The first-order chi connectivity index (χ1) is 15.7. The Hall–Kier alpha value is -3.69. The van der Waals surface area contributed by atoms with Crippen LogP contribution in [-0.2, 0) is 11.0 Å². The summed E-state index contributed by atoms with van der Waals surface area (Å²) in [5.74, 6) is -1.62. The summed E-state index contributed by atoms with van der Waals surface area (Å²) in [5, 5.41) is 6.55. The number of Topliss-reactive ketones (excluding diaryl/α,β-unsaturated/α-hetero) is 1. The number of halogens is 4. The largest absolute Gasteiger partial charge is 0.497 e. The van der Waals surface area contributed by atoms with Gasteiger partial charge in [0, 0.05) is 17.7 Å². The van der Waals surface area contributed by atoms with Crippen LogP contribution in [0.2, 0.25) is 0 Å². The number of benzene rings is 2. The average Bonchev–Trinajstić information content (AvgIpc) is 3.23. The highest BCUT2D eigenvalue weighted by Crippen LogP contribution is 2.45. The fraction of sp³-hybridized carbons (Fsp3) is 0.261. The zero-order chi connectivity index (χ0) is 23.3. The minimum Gasteiger partial charge on any atom is -0.497 e. The van der Waals surface area contributed by atoms with Crippen LogP contribution in [0, 0.1) is 5.82 Å². The first-order valence-corrected chi connectivity index (χ1v) is 10.2. The maximum Gasteiger partial charge on any atom is 0.453 e. The molecule has 0 fully saturated rings. The third kappa shape index (κ3) is 3.75. The minimum atomic E-state index is -4.75. The molecule has 5 rings (SSSR count). The van der Waals surface area contributed by atoms with E-state index >= 15 is 0 Å². The van der Waals surface area contributed by atoms with E-state index in [4.69, 9.17) is 4.74 Å². The van der Waals surface area contributed by atoms with E-state index in [1.807, 2.05) is 12.1 Å². The Labute approximate surface area is 185 Å². The second-order valence-corrected chi connectivity index (χ2v) is 7.97. The van der Waals surface area contributed by atoms with Crippen LogP contribution in [-0.4, -0.2) is 27.7 Å². The number of ketones is 1. The van der Waals surface area contributed by atoms with Crippen molar-refractivity contribution in [2.45, 2.75) is 31.0 Å². The minimum absolute atomic E-state index is 0.112. The number of carbonyl (C=O) groups excluding carboxylic acids is 1. The summed E-state index contributed by atoms with van der Waals surface area (Å²) in [6, 6.07) is 11.7. The van der Waals surface area contributed by atoms with Crippen LogP contribution in [0.15, 0.2) is 59.8 Å². The molecule has 170 valence electrons. The molecule has 3 aromatic rings. The van der Waals surface area contributed by atoms with Crippen LogP contribution in [0.5, 0.6) is 5.75 Å². The molecule has 33 heavy (non-hydrogen) atoms. The highest BCUT2D eigenvalue weighted by atomic mass is 19.4. The van der Waals surface area contributed by atoms with Gasteiger partial charge in [-0.15, -0.1) is 5.10 Å². The number of rotatable bonds is 3. The first kappa shape index (κ1) is 21.2. The molecule has 0 saturated heterocycles. The molecule has 0 saturated carbocycles. The van der Waals surface area contributed by atoms with Gasteiger partial charge >= 0.3 is 6.18 Å². The number of anilines is 1. The lowest BCUT2D eigenvalue weighted by Crippen LogP contribution is -2.33. The summed E-state index contributed by atoms with van der Waals surface area (Å²) >= 11 is 0. The van der Waals surface area contributed by atoms with Crippen LogP contribution >= 0.6 is 0 Å². The molecule has 2 aromatic carbocycles. The van der Waals surface area contributed by atoms with Gasteiger partial charge in [-0.2, -0.15) is 18.2 Å². The monoisotopic (exact) mass is 458 g/mol. The smallest absolute Gasteiger partial charge is 0.453 e. The number of methoxy groups -OCH3 is 1. The van der Waals surface area contributed by atoms with Crippen LogP contribution < -0.4 is 10.1 Å². The highest BCUT2D eigenvalue weighted by molar-refractivity contribution is 6.00. The summed E-state index contributed by atoms with van der Waals surface area (Å²) in [4.78, 5) is 17.0. The van der Waals surface area contributed by atoms with Crippen molar-refractivity contribution in [1.82, 2.24) is 14.8 Å². The highest BCUT2D eigenvalue weighted by Gasteiger charge is 2.43. The third-order valence-electron chi connectivity index (χ3n) is 5.95. The van der Waals surface area contributed by atoms with Gasteiger partial charge in [0.1, 0.15) is 17.6 Å². The Morgan fingerprint density at radius 1 is 1.03 bits per heavy atom. The molecule has 1 aliphatic carbocycles. The zero-order valence-electron chi connectivity index (χ0n) is 17.4. The summed E-state index contributed by atoms with van der Waals surface area (Å²) < 4.78 is 59.8. The van der Waals surface area contributed by atoms with Crippen molar-refractivity contribution >= 4 is 11.7 Å². The van der Waals surface area contributed by atoms with Crippen LogP contribution in [0.4, 0.5) is 23.5 Å². The van der Waals surface area contributed by atoms with Gasteiger partial charge in [-0.1, -0.05) is 24.3 Å². The topological polar surface area (TPSA) is 69.0 Å². The van der Waals surface area contributed by atoms with E-state index < -0.39 is 23.9 Å². The Balaban J connectivity index is 1.59. The van der Waals surface area contributed by atoms with Gasteiger partial charge in [-0.25, -0.2) is 9.07 Å². The number of aromatic nitrogens is 3. The van der Waals surface area contributed by atoms with Gasteiger partial charge in [-0.3, -0.25) is 4.79 Å². The van der Waals surface area contributed by atoms with E-state index in [-0.39, 0.29) is 24.1 Å². The Bertz CT molecular complexity index is 1250. The quantitative estimate of drug-likeness (QED) is 0.568. The van der Waals surface area contributed by atoms with Crippen LogP contribution in [0.25, 0.3) is 0 Å². The van der Waals surface area contributed by atoms with Crippen molar-refractivity contribution in [1.29, 1.82) is 0 Å². The van der Waals surface area contributed by atoms with Gasteiger partial charge in [0.2, 0.25) is 5.95 Å². The summed E-state index contributed by atoms with van der Waals surface area (Å²) in [5.41, 5.74) is 2.17. The molecular weight excluding hydrogens is 440 g/mol. The number of nitrogens with one attached hydrogen (secondary N) is 1. The third-order valence-corrected chi connectivity index (χ3v) is 5.95. The summed E-state index contributed by atoms with van der Waals surface area (Å²) in [6.45, 7) is 0. The second kappa shape index (κ2) is 7.72. The van der Waals surface area contributed by atoms with Gasteiger partial charge in [0.15, 0.2) is 5.78 Å². The molecule has 1 aliphatic heterocycles. The number of allylic oxidation sites excluding steroid dienone is 2. The molecule has 1 N–H and O–H groups in total. The fourth-order valence-electron chi connectivity index (χ4n) is 4.40. The zero-order valence-corrected chi connectivity index (χ0v) is 17.4. The molecule has 2 atom stereocenters. The van der Waals surface area contributed by atoms with Crippen molar-refractivity contribution in [3.05, 3.63) is 82.6 Å². The Morgan fingerprint density at radius 3 is 2.33 bits per heavy atom. The molecule has 0 bridgehead atoms. The van der Waals surface area contributed by atoms with Crippen molar-refractivity contribution < 1.29 is 27.1 Å². The molecule has 10 heteroatoms. The molecule has 2 unspecified atom stereocenters. The van der Waals surface area contributed by atoms with E-state index in [1.54, 1.807) is 19.2 Å². The fourth-order valence-corrected chi connectivity index (χ4v) is 4.40. The van der Waals surface area contributed by atoms with E-state index in [0.717, 1.165) is 10.2 Å². The van der Waals surface area contributed by atoms with E-state index in [0.29, 0.717) is 29.0 Å². The van der Waals surface area contributed by atoms with Crippen LogP contribution in [0.1, 0.15) is 41.8 Å². The molecule has 6 nitrogen and oxygen atoms in total. The van der Waals surface area contributed by atoms with Crippen molar-refractivity contribution in [2.75, 3.05) is 12.4 Å². The van der Waals surface area contributed by atoms with Crippen molar-refractivity contribution in [2.24, 2.45) is 0 Å². The lowest BCUT2D eigenvalue weighted by molar-refractivity contribution is -0.145. The number of ether oxygens (including phenoxy) is 1. The van der Waals surface area contributed by atoms with E-state index in [2.05, 4.69) is 15.4 Å². The molecule has 0 radical (unpaired) electrons. The van der Waals surface area contributed by atoms with Gasteiger partial charge in [0.25, 0.3) is 5.82 Å². The number of carbonyl (C=O) groups is 1. The predicted octanol–water partition coefficient (Wildman–Crippen LogP) is 4.86. The average molecular weight is 458 g/mol. The standard InChI is InChI=1S/C23H18F4N4O2/c1-33-16-8-4-12(5-9-16)14-10-17-19(18(32)11-14)20(13-2-6-15(24)7-3-13)31-22(28-17)29-21(30-31)23(25,26)27/h2-9,14,20H,10-11H2,1H3,(H,28,29,30). The predicted molar refractivity (Wildman–Crippen MR) is 110 cm³/mol. The van der Waals surface area contributed by atoms with Crippen LogP contribution in [0.3, 0.4) is 0 Å². The molecular formula is C23H18F4N4O2. The number of hydrogen-bond donors (Lipinski definition) is 1. The van der Waals surface area contributed by atoms with Crippen molar-refractivity contribution in [3.8, 4) is 5.75 Å². The lowest BCUT2D eigenvalue weighted by Gasteiger charge is -2.35. The number of alkyl halides is 3. The molecule has 2 aliphatic rings. The maximum atomic E-state index is 13.5. The van der Waals surface area contributed by atoms with Gasteiger partial charge in [-0.05, 0) is 47.7 Å². The number of nitrogens with zero attached hydrogens (tertiary/aromatic N) is 3. The van der Waals surface area contributed by atoms with E-state index in [1.165, 1.54) is 24.3 Å². The number of hydrogen-bond acceptors (Lipinski definition) is 5. The Kier molecular flexibility index (Phi) is 4.95.